The first kappa shape index (κ1) is 3.92. The lowest BCUT2D eigenvalue weighted by atomic mass is 10.7. The molecule has 0 heterocycles. The zero-order chi connectivity index (χ0) is 3.58. The van der Waals surface area contributed by atoms with E-state index in [1.54, 1.807) is 6.92 Å². The number of rotatable bonds is 0. The van der Waals surface area contributed by atoms with Gasteiger partial charge in [-0.05, 0) is 6.92 Å². The minimum Gasteiger partial charge on any atom is -0.311 e. The minimum atomic E-state index is 0.417. The Kier molecular flexibility index (Phi) is 1.24. The van der Waals surface area contributed by atoms with Crippen LogP contribution in [-0.4, -0.2) is 0 Å². The highest BCUT2D eigenvalue weighted by Gasteiger charge is 1.68. The average molecular weight is 59.1 g/mol. The highest BCUT2D eigenvalue weighted by atomic mass is 14.8. The van der Waals surface area contributed by atoms with Crippen LogP contribution in [0.3, 0.4) is 0 Å². The van der Waals surface area contributed by atoms with Gasteiger partial charge in [-0.3, -0.25) is 0 Å². The molecule has 0 aliphatic heterocycles. The summed E-state index contributed by atoms with van der Waals surface area (Å²) >= 11 is 0. The quantitative estimate of drug-likeness (QED) is 0.392. The Bertz CT molecular complexity index is 8.75. The van der Waals surface area contributed by atoms with E-state index in [-0.39, 0.29) is 0 Å². The van der Waals surface area contributed by atoms with Crippen LogP contribution in [0.2, 0.25) is 0 Å². The van der Waals surface area contributed by atoms with Crippen molar-refractivity contribution in [3.8, 4) is 0 Å². The van der Waals surface area contributed by atoms with Crippen LogP contribution in [-0.2, 0) is 0 Å². The van der Waals surface area contributed by atoms with Gasteiger partial charge in [0.2, 0.25) is 0 Å². The SMILES string of the molecule is C[C](N)N. The lowest BCUT2D eigenvalue weighted by Gasteiger charge is -1.81. The zero-order valence-corrected chi connectivity index (χ0v) is 2.65. The molecule has 2 nitrogen and oxygen atoms in total. The largest absolute Gasteiger partial charge is 0.311 e. The van der Waals surface area contributed by atoms with Crippen molar-refractivity contribution in [2.75, 3.05) is 0 Å². The zero-order valence-electron chi connectivity index (χ0n) is 2.65. The maximum atomic E-state index is 4.81. The Hall–Kier alpha value is -0.0800. The standard InChI is InChI=1S/C2H7N2/c1-2(3)4/h3-4H2,1H3. The van der Waals surface area contributed by atoms with Gasteiger partial charge in [-0.1, -0.05) is 0 Å². The van der Waals surface area contributed by atoms with Gasteiger partial charge in [0.25, 0.3) is 0 Å². The predicted molar refractivity (Wildman–Crippen MR) is 17.3 cm³/mol. The van der Waals surface area contributed by atoms with Gasteiger partial charge in [0.1, 0.15) is 0 Å². The fourth-order valence-corrected chi connectivity index (χ4v) is 0. The van der Waals surface area contributed by atoms with Crippen LogP contribution in [0.15, 0.2) is 0 Å². The van der Waals surface area contributed by atoms with Crippen LogP contribution >= 0.6 is 0 Å². The third-order valence-corrected chi connectivity index (χ3v) is 0. The topological polar surface area (TPSA) is 52.0 Å². The van der Waals surface area contributed by atoms with Crippen LogP contribution in [0.25, 0.3) is 0 Å². The van der Waals surface area contributed by atoms with Gasteiger partial charge in [-0.2, -0.15) is 0 Å². The first-order valence-corrected chi connectivity index (χ1v) is 1.08. The smallest absolute Gasteiger partial charge is 0.0924 e. The third kappa shape index (κ3) is 254. The summed E-state index contributed by atoms with van der Waals surface area (Å²) < 4.78 is 0. The highest BCUT2D eigenvalue weighted by molar-refractivity contribution is 4.59. The van der Waals surface area contributed by atoms with E-state index in [1.807, 2.05) is 0 Å². The van der Waals surface area contributed by atoms with E-state index in [0.29, 0.717) is 6.17 Å². The van der Waals surface area contributed by atoms with Gasteiger partial charge in [0.05, 0.1) is 6.17 Å². The molecule has 0 amide bonds. The Balaban J connectivity index is 2.32. The summed E-state index contributed by atoms with van der Waals surface area (Å²) in [6, 6.07) is 0. The Labute approximate surface area is 25.8 Å². The molecule has 0 bridgehead atoms. The Morgan fingerprint density at radius 2 is 1.50 bits per heavy atom. The summed E-state index contributed by atoms with van der Waals surface area (Å²) in [6.45, 7) is 1.64. The molecule has 0 unspecified atom stereocenters. The van der Waals surface area contributed by atoms with Crippen LogP contribution in [0.4, 0.5) is 0 Å². The predicted octanol–water partition coefficient (Wildman–Crippen LogP) is -0.587. The second kappa shape index (κ2) is 1.26. The summed E-state index contributed by atoms with van der Waals surface area (Å²) in [5.74, 6) is 0. The summed E-state index contributed by atoms with van der Waals surface area (Å²) in [5.41, 5.74) is 9.61. The van der Waals surface area contributed by atoms with Crippen LogP contribution in [0.1, 0.15) is 6.92 Å². The molecule has 0 aliphatic rings. The van der Waals surface area contributed by atoms with Crippen LogP contribution in [0.5, 0.6) is 0 Å². The maximum Gasteiger partial charge on any atom is 0.0924 e. The Morgan fingerprint density at radius 1 is 1.50 bits per heavy atom. The molecule has 0 spiro atoms. The summed E-state index contributed by atoms with van der Waals surface area (Å²) in [5, 5.41) is 0. The van der Waals surface area contributed by atoms with E-state index in [0.717, 1.165) is 0 Å². The third-order valence-electron chi connectivity index (χ3n) is 0. The first-order valence-electron chi connectivity index (χ1n) is 1.08. The van der Waals surface area contributed by atoms with Crippen molar-refractivity contribution >= 4 is 0 Å². The van der Waals surface area contributed by atoms with Crippen molar-refractivity contribution in [1.82, 2.24) is 0 Å². The molecular weight excluding hydrogens is 52.0 g/mol. The van der Waals surface area contributed by atoms with Gasteiger partial charge in [-0.25, -0.2) is 0 Å². The van der Waals surface area contributed by atoms with Crippen LogP contribution in [0, 0.1) is 6.17 Å². The van der Waals surface area contributed by atoms with E-state index in [9.17, 15) is 0 Å². The monoisotopic (exact) mass is 59.1 g/mol. The Morgan fingerprint density at radius 3 is 1.50 bits per heavy atom. The maximum absolute atomic E-state index is 4.81. The molecule has 0 saturated carbocycles. The second-order valence-corrected chi connectivity index (χ2v) is 0.744. The molecule has 0 aromatic rings. The summed E-state index contributed by atoms with van der Waals surface area (Å²) in [6.07, 6.45) is 0.417. The fourth-order valence-electron chi connectivity index (χ4n) is 0. The van der Waals surface area contributed by atoms with Crippen molar-refractivity contribution < 1.29 is 0 Å². The molecule has 0 aromatic carbocycles. The van der Waals surface area contributed by atoms with E-state index < -0.39 is 0 Å². The van der Waals surface area contributed by atoms with Crippen LogP contribution < -0.4 is 11.5 Å². The van der Waals surface area contributed by atoms with Crippen molar-refractivity contribution in [3.63, 3.8) is 0 Å². The molecule has 1 radical (unpaired) electrons. The van der Waals surface area contributed by atoms with Crippen molar-refractivity contribution in [3.05, 3.63) is 6.17 Å². The van der Waals surface area contributed by atoms with Gasteiger partial charge >= 0.3 is 0 Å². The van der Waals surface area contributed by atoms with Gasteiger partial charge in [0.15, 0.2) is 0 Å². The molecule has 2 heteroatoms. The van der Waals surface area contributed by atoms with Crippen molar-refractivity contribution in [2.24, 2.45) is 11.5 Å². The molecule has 4 heavy (non-hydrogen) atoms. The van der Waals surface area contributed by atoms with Gasteiger partial charge in [-0.15, -0.1) is 0 Å². The molecule has 0 fully saturated rings. The minimum absolute atomic E-state index is 0.417. The highest BCUT2D eigenvalue weighted by Crippen LogP contribution is 1.56. The molecule has 25 valence electrons. The summed E-state index contributed by atoms with van der Waals surface area (Å²) in [7, 11) is 0. The number of nitrogens with two attached hydrogens (primary N) is 2. The second-order valence-electron chi connectivity index (χ2n) is 0.744. The lowest BCUT2D eigenvalue weighted by Crippen LogP contribution is -2.14. The van der Waals surface area contributed by atoms with E-state index in [1.165, 1.54) is 0 Å². The molecule has 0 rings (SSSR count). The van der Waals surface area contributed by atoms with Gasteiger partial charge < -0.3 is 11.5 Å². The summed E-state index contributed by atoms with van der Waals surface area (Å²) in [4.78, 5) is 0. The molecule has 0 saturated heterocycles. The average Bonchev–Trinajstić information content (AvgIpc) is 0.811. The molecule has 4 N–H and O–H groups in total. The van der Waals surface area contributed by atoms with E-state index in [4.69, 9.17) is 11.5 Å². The molecule has 0 atom stereocenters. The van der Waals surface area contributed by atoms with Crippen molar-refractivity contribution in [2.45, 2.75) is 6.92 Å². The number of hydrogen-bond acceptors (Lipinski definition) is 2. The van der Waals surface area contributed by atoms with Crippen molar-refractivity contribution in [1.29, 1.82) is 0 Å². The molecule has 0 aromatic heterocycles. The molecule has 0 aliphatic carbocycles. The van der Waals surface area contributed by atoms with Gasteiger partial charge in [0, 0.05) is 0 Å². The molecular formula is C2H7N2. The van der Waals surface area contributed by atoms with E-state index in [2.05, 4.69) is 0 Å². The van der Waals surface area contributed by atoms with E-state index >= 15 is 0 Å². The number of hydrogen-bond donors (Lipinski definition) is 2. The fraction of sp³-hybridized carbons (Fsp3) is 0.500. The normalized spacial score (nSPS) is 9.00. The first-order chi connectivity index (χ1) is 1.73. The lowest BCUT2D eigenvalue weighted by molar-refractivity contribution is 0.999.